The lowest BCUT2D eigenvalue weighted by Crippen LogP contribution is -2.67. The third-order valence-corrected chi connectivity index (χ3v) is 5.32. The zero-order valence-corrected chi connectivity index (χ0v) is 16.4. The van der Waals surface area contributed by atoms with Gasteiger partial charge >= 0.3 is 0 Å². The fraction of sp³-hybridized carbons (Fsp3) is 0.136. The molecule has 0 aliphatic carbocycles. The second-order valence-electron chi connectivity index (χ2n) is 6.95. The Balaban J connectivity index is 1.83. The predicted molar refractivity (Wildman–Crippen MR) is 108 cm³/mol. The van der Waals surface area contributed by atoms with E-state index >= 15 is 0 Å². The summed E-state index contributed by atoms with van der Waals surface area (Å²) < 4.78 is 15.2. The largest absolute Gasteiger partial charge is 0.324 e. The van der Waals surface area contributed by atoms with E-state index in [1.165, 1.54) is 29.2 Å². The lowest BCUT2D eigenvalue weighted by atomic mass is 9.89. The van der Waals surface area contributed by atoms with Gasteiger partial charge in [-0.15, -0.1) is 0 Å². The third-order valence-electron chi connectivity index (χ3n) is 5.07. The van der Waals surface area contributed by atoms with Gasteiger partial charge in [0.05, 0.1) is 0 Å². The molecule has 1 atom stereocenters. The topological polar surface area (TPSA) is 53.3 Å². The Morgan fingerprint density at radius 2 is 1.79 bits per heavy atom. The molecule has 2 amide bonds. The van der Waals surface area contributed by atoms with E-state index < -0.39 is 17.3 Å². The maximum absolute atomic E-state index is 13.5. The number of pyridine rings is 1. The Bertz CT molecular complexity index is 1090. The minimum absolute atomic E-state index is 0.0807. The normalized spacial score (nSPS) is 18.3. The van der Waals surface area contributed by atoms with Crippen molar-refractivity contribution in [3.8, 4) is 0 Å². The second kappa shape index (κ2) is 7.29. The van der Waals surface area contributed by atoms with Gasteiger partial charge in [-0.2, -0.15) is 4.57 Å². The molecule has 0 radical (unpaired) electrons. The highest BCUT2D eigenvalue weighted by Crippen LogP contribution is 2.35. The van der Waals surface area contributed by atoms with Crippen molar-refractivity contribution >= 4 is 34.8 Å². The molecule has 0 saturated heterocycles. The van der Waals surface area contributed by atoms with E-state index in [2.05, 4.69) is 5.32 Å². The van der Waals surface area contributed by atoms with Crippen molar-refractivity contribution in [1.29, 1.82) is 0 Å². The summed E-state index contributed by atoms with van der Waals surface area (Å²) in [6, 6.07) is 17.7. The van der Waals surface area contributed by atoms with E-state index in [0.29, 0.717) is 22.1 Å². The summed E-state index contributed by atoms with van der Waals surface area (Å²) >= 11 is 5.93. The second-order valence-corrected chi connectivity index (χ2v) is 7.39. The zero-order chi connectivity index (χ0) is 20.6. The highest BCUT2D eigenvalue weighted by atomic mass is 35.5. The van der Waals surface area contributed by atoms with Crippen LogP contribution in [0.25, 0.3) is 0 Å². The highest BCUT2D eigenvalue weighted by Gasteiger charge is 2.54. The Kier molecular flexibility index (Phi) is 4.80. The zero-order valence-electron chi connectivity index (χ0n) is 15.6. The molecular weight excluding hydrogens is 393 g/mol. The number of rotatable bonds is 3. The van der Waals surface area contributed by atoms with E-state index in [4.69, 9.17) is 11.6 Å². The first-order valence-corrected chi connectivity index (χ1v) is 9.42. The highest BCUT2D eigenvalue weighted by molar-refractivity contribution is 6.30. The quantitative estimate of drug-likeness (QED) is 0.670. The van der Waals surface area contributed by atoms with Crippen molar-refractivity contribution in [2.45, 2.75) is 19.0 Å². The number of nitrogens with one attached hydrogen (secondary N) is 1. The van der Waals surface area contributed by atoms with E-state index in [0.717, 1.165) is 0 Å². The monoisotopic (exact) mass is 410 g/mol. The van der Waals surface area contributed by atoms with Gasteiger partial charge in [0, 0.05) is 28.5 Å². The number of amides is 2. The lowest BCUT2D eigenvalue weighted by molar-refractivity contribution is -0.697. The van der Waals surface area contributed by atoms with Gasteiger partial charge in [-0.25, -0.2) is 4.39 Å². The predicted octanol–water partition coefficient (Wildman–Crippen LogP) is 3.67. The minimum Gasteiger partial charge on any atom is -0.324 e. The number of nitrogens with zero attached hydrogens (tertiary/aromatic N) is 2. The number of carbonyl (C=O) groups excluding carboxylic acids is 2. The van der Waals surface area contributed by atoms with Crippen LogP contribution in [0.5, 0.6) is 0 Å². The number of aromatic nitrogens is 1. The Hall–Kier alpha value is -3.25. The van der Waals surface area contributed by atoms with E-state index in [-0.39, 0.29) is 12.5 Å². The van der Waals surface area contributed by atoms with E-state index in [1.54, 1.807) is 42.0 Å². The Morgan fingerprint density at radius 3 is 2.48 bits per heavy atom. The van der Waals surface area contributed by atoms with Crippen LogP contribution < -0.4 is 14.8 Å². The molecule has 1 N–H and O–H groups in total. The van der Waals surface area contributed by atoms with Crippen LogP contribution in [-0.4, -0.2) is 11.8 Å². The van der Waals surface area contributed by atoms with Gasteiger partial charge in [0.15, 0.2) is 6.20 Å². The number of carbonyl (C=O) groups is 2. The van der Waals surface area contributed by atoms with Gasteiger partial charge < -0.3 is 5.32 Å². The average Bonchev–Trinajstić information content (AvgIpc) is 2.71. The van der Waals surface area contributed by atoms with Gasteiger partial charge in [0.1, 0.15) is 5.82 Å². The van der Waals surface area contributed by atoms with Gasteiger partial charge in [-0.05, 0) is 55.5 Å². The fourth-order valence-corrected chi connectivity index (χ4v) is 3.76. The van der Waals surface area contributed by atoms with Crippen LogP contribution in [0, 0.1) is 5.82 Å². The molecule has 2 heterocycles. The van der Waals surface area contributed by atoms with Crippen molar-refractivity contribution in [3.05, 3.63) is 89.5 Å². The summed E-state index contributed by atoms with van der Waals surface area (Å²) in [7, 11) is 0. The molecule has 2 aromatic carbocycles. The molecule has 0 saturated carbocycles. The maximum atomic E-state index is 13.5. The van der Waals surface area contributed by atoms with E-state index in [9.17, 15) is 14.0 Å². The lowest BCUT2D eigenvalue weighted by Gasteiger charge is -2.40. The van der Waals surface area contributed by atoms with Crippen LogP contribution in [0.15, 0.2) is 72.9 Å². The van der Waals surface area contributed by atoms with Crippen molar-refractivity contribution in [3.63, 3.8) is 0 Å². The number of hydrogen-bond acceptors (Lipinski definition) is 2. The van der Waals surface area contributed by atoms with Crippen LogP contribution >= 0.6 is 11.6 Å². The summed E-state index contributed by atoms with van der Waals surface area (Å²) in [5.41, 5.74) is 0.296. The molecule has 0 fully saturated rings. The summed E-state index contributed by atoms with van der Waals surface area (Å²) in [5.74, 6) is -1.08. The molecule has 1 aliphatic rings. The molecule has 146 valence electrons. The number of benzene rings is 2. The third kappa shape index (κ3) is 3.36. The minimum atomic E-state index is -1.35. The number of hydrogen-bond donors (Lipinski definition) is 1. The molecule has 29 heavy (non-hydrogen) atoms. The summed E-state index contributed by atoms with van der Waals surface area (Å²) in [4.78, 5) is 28.0. The van der Waals surface area contributed by atoms with Gasteiger partial charge in [-0.3, -0.25) is 14.5 Å². The average molecular weight is 411 g/mol. The van der Waals surface area contributed by atoms with Crippen LogP contribution in [-0.2, 0) is 21.7 Å². The first kappa shape index (κ1) is 19.1. The molecule has 3 aromatic rings. The fourth-order valence-electron chi connectivity index (χ4n) is 3.63. The summed E-state index contributed by atoms with van der Waals surface area (Å²) in [6.45, 7) is 1.77. The molecule has 0 unspecified atom stereocenters. The van der Waals surface area contributed by atoms with Crippen molar-refractivity contribution < 1.29 is 18.5 Å². The molecule has 5 nitrogen and oxygen atoms in total. The smallest absolute Gasteiger partial charge is 0.294 e. The van der Waals surface area contributed by atoms with Crippen molar-refractivity contribution in [2.75, 3.05) is 10.2 Å². The standard InChI is InChI=1S/C22H17ClFN3O2/c1-22(21(29)25-17-9-5-15(23)6-10-17)19-4-2-3-13-26(19)14-20(28)27(22)18-11-7-16(24)8-12-18/h2-13H,14H2,1H3/p+1/t22-/m1/s1. The summed E-state index contributed by atoms with van der Waals surface area (Å²) in [6.07, 6.45) is 1.77. The van der Waals surface area contributed by atoms with Gasteiger partial charge in [0.2, 0.25) is 17.8 Å². The molecule has 4 rings (SSSR count). The van der Waals surface area contributed by atoms with Crippen molar-refractivity contribution in [2.24, 2.45) is 0 Å². The molecule has 7 heteroatoms. The first-order chi connectivity index (χ1) is 13.9. The first-order valence-electron chi connectivity index (χ1n) is 9.04. The maximum Gasteiger partial charge on any atom is 0.294 e. The number of fused-ring (bicyclic) bond motifs is 1. The Morgan fingerprint density at radius 1 is 1.10 bits per heavy atom. The molecular formula is C22H18ClFN3O2+. The number of anilines is 2. The van der Waals surface area contributed by atoms with Crippen LogP contribution in [0.3, 0.4) is 0 Å². The molecule has 1 aliphatic heterocycles. The van der Waals surface area contributed by atoms with Crippen LogP contribution in [0.1, 0.15) is 12.6 Å². The van der Waals surface area contributed by atoms with E-state index in [1.807, 2.05) is 18.2 Å². The van der Waals surface area contributed by atoms with Gasteiger partial charge in [-0.1, -0.05) is 17.7 Å². The SMILES string of the molecule is C[C@]1(C(=O)Nc2ccc(Cl)cc2)c2cccc[n+]2CC(=O)N1c1ccc(F)cc1. The molecule has 0 spiro atoms. The molecule has 1 aromatic heterocycles. The Labute approximate surface area is 172 Å². The summed E-state index contributed by atoms with van der Waals surface area (Å²) in [5, 5.41) is 3.42. The van der Waals surface area contributed by atoms with Crippen LogP contribution in [0.2, 0.25) is 5.02 Å². The van der Waals surface area contributed by atoms with Crippen molar-refractivity contribution in [1.82, 2.24) is 0 Å². The molecule has 0 bridgehead atoms. The van der Waals surface area contributed by atoms with Gasteiger partial charge in [0.25, 0.3) is 11.8 Å². The van der Waals surface area contributed by atoms with Crippen LogP contribution in [0.4, 0.5) is 15.8 Å². The number of halogens is 2.